The van der Waals surface area contributed by atoms with Crippen molar-refractivity contribution in [3.05, 3.63) is 93.0 Å². The van der Waals surface area contributed by atoms with Crippen LogP contribution in [0.5, 0.6) is 0 Å². The van der Waals surface area contributed by atoms with Gasteiger partial charge in [0.1, 0.15) is 17.0 Å². The van der Waals surface area contributed by atoms with Crippen LogP contribution in [0.25, 0.3) is 11.0 Å². The molecule has 0 spiro atoms. The number of nitrogens with one attached hydrogen (secondary N) is 1. The molecule has 0 aliphatic heterocycles. The van der Waals surface area contributed by atoms with Crippen molar-refractivity contribution in [1.29, 1.82) is 0 Å². The van der Waals surface area contributed by atoms with Crippen LogP contribution in [0.4, 0.5) is 9.52 Å². The molecule has 0 bridgehead atoms. The lowest BCUT2D eigenvalue weighted by Crippen LogP contribution is -2.20. The van der Waals surface area contributed by atoms with Gasteiger partial charge in [0.15, 0.2) is 5.13 Å². The van der Waals surface area contributed by atoms with E-state index < -0.39 is 11.5 Å². The van der Waals surface area contributed by atoms with Gasteiger partial charge in [-0.1, -0.05) is 30.3 Å². The molecule has 1 N–H and O–H groups in total. The number of nitrogens with zero attached hydrogens (tertiary/aromatic N) is 1. The van der Waals surface area contributed by atoms with Gasteiger partial charge in [-0.15, -0.1) is 11.3 Å². The average Bonchev–Trinajstić information content (AvgIpc) is 3.16. The van der Waals surface area contributed by atoms with Gasteiger partial charge in [-0.25, -0.2) is 14.2 Å². The van der Waals surface area contributed by atoms with E-state index in [1.54, 1.807) is 48.2 Å². The number of hydrogen-bond donors (Lipinski definition) is 1. The normalized spacial score (nSPS) is 10.9. The van der Waals surface area contributed by atoms with Crippen molar-refractivity contribution in [2.45, 2.75) is 11.5 Å². The zero-order chi connectivity index (χ0) is 20.2. The van der Waals surface area contributed by atoms with Gasteiger partial charge < -0.3 is 4.42 Å². The predicted molar refractivity (Wildman–Crippen MR) is 114 cm³/mol. The monoisotopic (exact) mass is 426 g/mol. The lowest BCUT2D eigenvalue weighted by molar-refractivity contribution is 0.102. The summed E-state index contributed by atoms with van der Waals surface area (Å²) in [6, 6.07) is 14.9. The summed E-state index contributed by atoms with van der Waals surface area (Å²) in [6.07, 6.45) is 0. The summed E-state index contributed by atoms with van der Waals surface area (Å²) in [5.41, 5.74) is 1.54. The zero-order valence-electron chi connectivity index (χ0n) is 15.1. The Kier molecular flexibility index (Phi) is 5.73. The molecule has 2 aromatic heterocycles. The van der Waals surface area contributed by atoms with E-state index in [-0.39, 0.29) is 11.4 Å². The van der Waals surface area contributed by atoms with Gasteiger partial charge in [-0.3, -0.25) is 10.1 Å². The van der Waals surface area contributed by atoms with E-state index >= 15 is 0 Å². The number of thiazole rings is 1. The highest BCUT2D eigenvalue weighted by Crippen LogP contribution is 2.23. The number of rotatable bonds is 6. The van der Waals surface area contributed by atoms with Crippen LogP contribution in [-0.4, -0.2) is 10.9 Å². The second-order valence-electron chi connectivity index (χ2n) is 6.20. The second-order valence-corrected chi connectivity index (χ2v) is 8.05. The van der Waals surface area contributed by atoms with Crippen LogP contribution in [-0.2, 0) is 11.5 Å². The molecule has 4 rings (SSSR count). The molecule has 0 saturated carbocycles. The summed E-state index contributed by atoms with van der Waals surface area (Å²) in [5, 5.41) is 5.61. The lowest BCUT2D eigenvalue weighted by atomic mass is 10.2. The van der Waals surface area contributed by atoms with E-state index in [0.29, 0.717) is 21.9 Å². The van der Waals surface area contributed by atoms with E-state index in [0.717, 1.165) is 17.0 Å². The number of fused-ring (bicyclic) bond motifs is 1. The summed E-state index contributed by atoms with van der Waals surface area (Å²) in [6.45, 7) is 0. The number of thioether (sulfide) groups is 1. The van der Waals surface area contributed by atoms with Gasteiger partial charge in [0.25, 0.3) is 5.91 Å². The third-order valence-corrected chi connectivity index (χ3v) is 5.93. The van der Waals surface area contributed by atoms with Gasteiger partial charge in [0.2, 0.25) is 0 Å². The molecular formula is C21H15FN2O3S2. The van der Waals surface area contributed by atoms with Crippen molar-refractivity contribution in [2.24, 2.45) is 0 Å². The zero-order valence-corrected chi connectivity index (χ0v) is 16.7. The Balaban J connectivity index is 1.38. The Hall–Kier alpha value is -2.97. The number of carbonyl (C=O) groups excluding carboxylic acids is 1. The van der Waals surface area contributed by atoms with Crippen LogP contribution >= 0.6 is 23.1 Å². The standard InChI is InChI=1S/C21H15FN2O3S2/c22-15-7-5-13(6-8-15)10-28-11-16-12-29-21(23-16)24-19(25)17-9-14-3-1-2-4-18(14)27-20(17)26/h1-9,12H,10-11H2,(H,23,24,25). The summed E-state index contributed by atoms with van der Waals surface area (Å²) in [7, 11) is 0. The van der Waals surface area contributed by atoms with Crippen molar-refractivity contribution in [2.75, 3.05) is 5.32 Å². The molecule has 0 aliphatic carbocycles. The predicted octanol–water partition coefficient (Wildman–Crippen LogP) is 5.07. The topological polar surface area (TPSA) is 72.2 Å². The maximum absolute atomic E-state index is 12.9. The summed E-state index contributed by atoms with van der Waals surface area (Å²) >= 11 is 2.93. The Morgan fingerprint density at radius 3 is 2.76 bits per heavy atom. The SMILES string of the molecule is O=C(Nc1nc(CSCc2ccc(F)cc2)cs1)c1cc2ccccc2oc1=O. The fourth-order valence-electron chi connectivity index (χ4n) is 2.67. The quantitative estimate of drug-likeness (QED) is 0.436. The van der Waals surface area contributed by atoms with Gasteiger partial charge in [-0.05, 0) is 29.8 Å². The Labute approximate surface area is 173 Å². The fraction of sp³-hybridized carbons (Fsp3) is 0.0952. The second kappa shape index (κ2) is 8.59. The molecule has 0 aliphatic rings. The van der Waals surface area contributed by atoms with Crippen molar-refractivity contribution < 1.29 is 13.6 Å². The van der Waals surface area contributed by atoms with E-state index in [4.69, 9.17) is 4.42 Å². The first-order valence-corrected chi connectivity index (χ1v) is 10.7. The van der Waals surface area contributed by atoms with Crippen molar-refractivity contribution in [3.8, 4) is 0 Å². The van der Waals surface area contributed by atoms with E-state index in [9.17, 15) is 14.0 Å². The van der Waals surface area contributed by atoms with E-state index in [1.165, 1.54) is 29.5 Å². The van der Waals surface area contributed by atoms with Crippen LogP contribution < -0.4 is 10.9 Å². The first kappa shape index (κ1) is 19.4. The third-order valence-electron chi connectivity index (χ3n) is 4.09. The molecular weight excluding hydrogens is 411 g/mol. The van der Waals surface area contributed by atoms with Gasteiger partial charge in [0, 0.05) is 22.3 Å². The van der Waals surface area contributed by atoms with Crippen LogP contribution in [0.15, 0.2) is 69.2 Å². The summed E-state index contributed by atoms with van der Waals surface area (Å²) in [4.78, 5) is 29.0. The molecule has 4 aromatic rings. The van der Waals surface area contributed by atoms with Crippen molar-refractivity contribution in [1.82, 2.24) is 4.98 Å². The molecule has 0 saturated heterocycles. The highest BCUT2D eigenvalue weighted by molar-refractivity contribution is 7.97. The maximum atomic E-state index is 12.9. The number of amides is 1. The number of hydrogen-bond acceptors (Lipinski definition) is 6. The minimum atomic E-state index is -0.687. The number of aromatic nitrogens is 1. The average molecular weight is 426 g/mol. The van der Waals surface area contributed by atoms with Crippen LogP contribution in [0, 0.1) is 5.82 Å². The van der Waals surface area contributed by atoms with E-state index in [1.807, 2.05) is 5.38 Å². The molecule has 2 aromatic carbocycles. The van der Waals surface area contributed by atoms with E-state index in [2.05, 4.69) is 10.3 Å². The molecule has 5 nitrogen and oxygen atoms in total. The molecule has 0 fully saturated rings. The summed E-state index contributed by atoms with van der Waals surface area (Å²) in [5.74, 6) is 0.586. The summed E-state index contributed by atoms with van der Waals surface area (Å²) < 4.78 is 18.1. The Morgan fingerprint density at radius 2 is 1.93 bits per heavy atom. The number of para-hydroxylation sites is 1. The Morgan fingerprint density at radius 1 is 1.14 bits per heavy atom. The largest absolute Gasteiger partial charge is 0.422 e. The first-order valence-electron chi connectivity index (χ1n) is 8.69. The van der Waals surface area contributed by atoms with Crippen LogP contribution in [0.3, 0.4) is 0 Å². The maximum Gasteiger partial charge on any atom is 0.349 e. The number of carbonyl (C=O) groups is 1. The smallest absolute Gasteiger partial charge is 0.349 e. The van der Waals surface area contributed by atoms with Gasteiger partial charge in [-0.2, -0.15) is 11.8 Å². The molecule has 0 unspecified atom stereocenters. The first-order chi connectivity index (χ1) is 14.1. The molecule has 146 valence electrons. The van der Waals surface area contributed by atoms with Gasteiger partial charge in [0.05, 0.1) is 5.69 Å². The van der Waals surface area contributed by atoms with Crippen LogP contribution in [0.1, 0.15) is 21.6 Å². The molecule has 0 radical (unpaired) electrons. The lowest BCUT2D eigenvalue weighted by Gasteiger charge is -2.02. The molecule has 1 amide bonds. The number of benzene rings is 2. The van der Waals surface area contributed by atoms with Crippen LogP contribution in [0.2, 0.25) is 0 Å². The van der Waals surface area contributed by atoms with Gasteiger partial charge >= 0.3 is 5.63 Å². The minimum absolute atomic E-state index is 0.0638. The number of anilines is 1. The highest BCUT2D eigenvalue weighted by Gasteiger charge is 2.15. The minimum Gasteiger partial charge on any atom is -0.422 e. The molecule has 8 heteroatoms. The molecule has 29 heavy (non-hydrogen) atoms. The highest BCUT2D eigenvalue weighted by atomic mass is 32.2. The molecule has 0 atom stereocenters. The Bertz CT molecular complexity index is 1220. The third kappa shape index (κ3) is 4.72. The van der Waals surface area contributed by atoms with Crippen molar-refractivity contribution in [3.63, 3.8) is 0 Å². The number of halogens is 1. The molecule has 2 heterocycles. The van der Waals surface area contributed by atoms with Crippen molar-refractivity contribution >= 4 is 45.1 Å². The fourth-order valence-corrected chi connectivity index (χ4v) is 4.37.